The van der Waals surface area contributed by atoms with Crippen molar-refractivity contribution in [3.8, 4) is 0 Å². The average Bonchev–Trinajstić information content (AvgIpc) is 2.39. The Balaban J connectivity index is 2.41. The summed E-state index contributed by atoms with van der Waals surface area (Å²) in [5.41, 5.74) is 0. The van der Waals surface area contributed by atoms with Gasteiger partial charge in [-0.3, -0.25) is 9.59 Å². The van der Waals surface area contributed by atoms with Gasteiger partial charge in [0.25, 0.3) is 0 Å². The molecule has 20 heavy (non-hydrogen) atoms. The van der Waals surface area contributed by atoms with Gasteiger partial charge >= 0.3 is 0 Å². The Kier molecular flexibility index (Phi) is 8.94. The summed E-state index contributed by atoms with van der Waals surface area (Å²) in [6, 6.07) is 0. The smallest absolute Gasteiger partial charge is 0.185 e. The molecule has 0 spiro atoms. The molecule has 0 saturated heterocycles. The Bertz CT molecular complexity index is 318. The topological polar surface area (TPSA) is 34.1 Å². The van der Waals surface area contributed by atoms with Crippen LogP contribution < -0.4 is 0 Å². The molecule has 4 heteroatoms. The lowest BCUT2D eigenvalue weighted by Crippen LogP contribution is -2.26. The third kappa shape index (κ3) is 7.16. The molecule has 0 aliphatic heterocycles. The van der Waals surface area contributed by atoms with Crippen molar-refractivity contribution in [2.75, 3.05) is 11.5 Å². The first-order chi connectivity index (χ1) is 9.52. The molecule has 0 heterocycles. The third-order valence-electron chi connectivity index (χ3n) is 4.41. The maximum Gasteiger partial charge on any atom is 0.185 e. The van der Waals surface area contributed by atoms with E-state index in [1.54, 1.807) is 13.8 Å². The molecule has 116 valence electrons. The Hall–Kier alpha value is 0.0400. The number of hydrogen-bond donors (Lipinski definition) is 0. The van der Waals surface area contributed by atoms with Gasteiger partial charge in [-0.2, -0.15) is 0 Å². The van der Waals surface area contributed by atoms with Crippen LogP contribution >= 0.6 is 23.5 Å². The van der Waals surface area contributed by atoms with Crippen LogP contribution in [0, 0.1) is 17.8 Å². The largest absolute Gasteiger partial charge is 0.288 e. The number of hydrogen-bond acceptors (Lipinski definition) is 4. The number of carbonyl (C=O) groups excluding carboxylic acids is 2. The molecule has 2 nitrogen and oxygen atoms in total. The Morgan fingerprint density at radius 3 is 2.00 bits per heavy atom. The van der Waals surface area contributed by atoms with Gasteiger partial charge in [-0.25, -0.2) is 0 Å². The van der Waals surface area contributed by atoms with E-state index in [1.807, 2.05) is 0 Å². The van der Waals surface area contributed by atoms with E-state index >= 15 is 0 Å². The minimum absolute atomic E-state index is 0.232. The quantitative estimate of drug-likeness (QED) is 0.677. The van der Waals surface area contributed by atoms with E-state index < -0.39 is 0 Å². The second kappa shape index (κ2) is 9.88. The monoisotopic (exact) mass is 316 g/mol. The van der Waals surface area contributed by atoms with Crippen LogP contribution in [0.4, 0.5) is 0 Å². The van der Waals surface area contributed by atoms with Crippen molar-refractivity contribution in [2.45, 2.75) is 59.3 Å². The van der Waals surface area contributed by atoms with Crippen molar-refractivity contribution in [1.29, 1.82) is 0 Å². The van der Waals surface area contributed by atoms with Crippen LogP contribution in [0.2, 0.25) is 0 Å². The minimum atomic E-state index is 0.232. The van der Waals surface area contributed by atoms with Crippen LogP contribution in [0.15, 0.2) is 0 Å². The molecule has 1 saturated carbocycles. The highest BCUT2D eigenvalue weighted by Crippen LogP contribution is 2.40. The van der Waals surface area contributed by atoms with Gasteiger partial charge in [-0.1, -0.05) is 43.3 Å². The summed E-state index contributed by atoms with van der Waals surface area (Å²) in [6.45, 7) is 5.60. The fourth-order valence-corrected chi connectivity index (χ4v) is 4.65. The van der Waals surface area contributed by atoms with Gasteiger partial charge in [0.2, 0.25) is 0 Å². The van der Waals surface area contributed by atoms with Gasteiger partial charge < -0.3 is 0 Å². The van der Waals surface area contributed by atoms with E-state index in [4.69, 9.17) is 0 Å². The Labute approximate surface area is 132 Å². The molecule has 1 rings (SSSR count). The summed E-state index contributed by atoms with van der Waals surface area (Å²) in [6.07, 6.45) is 7.59. The van der Waals surface area contributed by atoms with Gasteiger partial charge in [0.1, 0.15) is 0 Å². The summed E-state index contributed by atoms with van der Waals surface area (Å²) >= 11 is 2.93. The number of thioether (sulfide) groups is 2. The maximum atomic E-state index is 11.1. The summed E-state index contributed by atoms with van der Waals surface area (Å²) < 4.78 is 0. The van der Waals surface area contributed by atoms with Crippen LogP contribution in [-0.4, -0.2) is 21.7 Å². The van der Waals surface area contributed by atoms with E-state index in [0.717, 1.165) is 42.1 Å². The highest BCUT2D eigenvalue weighted by Gasteiger charge is 2.29. The van der Waals surface area contributed by atoms with Crippen molar-refractivity contribution in [3.05, 3.63) is 0 Å². The summed E-state index contributed by atoms with van der Waals surface area (Å²) in [5.74, 6) is 4.32. The minimum Gasteiger partial charge on any atom is -0.288 e. The molecule has 0 aromatic heterocycles. The fraction of sp³-hybridized carbons (Fsp3) is 0.875. The number of carbonyl (C=O) groups is 2. The van der Waals surface area contributed by atoms with Crippen molar-refractivity contribution in [2.24, 2.45) is 17.8 Å². The molecule has 1 aliphatic carbocycles. The SMILES string of the molecule is CC[C@H]1CC[C@H](CCSC(C)=O)[C@@H](CCSC(C)=O)C1. The van der Waals surface area contributed by atoms with E-state index in [2.05, 4.69) is 6.92 Å². The molecule has 3 atom stereocenters. The van der Waals surface area contributed by atoms with Crippen molar-refractivity contribution < 1.29 is 9.59 Å². The van der Waals surface area contributed by atoms with Crippen LogP contribution in [0.1, 0.15) is 59.3 Å². The van der Waals surface area contributed by atoms with Gasteiger partial charge in [-0.05, 0) is 43.4 Å². The highest BCUT2D eigenvalue weighted by molar-refractivity contribution is 8.13. The van der Waals surface area contributed by atoms with E-state index in [1.165, 1.54) is 49.2 Å². The first kappa shape index (κ1) is 18.1. The first-order valence-electron chi connectivity index (χ1n) is 7.79. The molecule has 0 unspecified atom stereocenters. The molecule has 1 fully saturated rings. The van der Waals surface area contributed by atoms with Gasteiger partial charge in [0.15, 0.2) is 10.2 Å². The molecule has 0 radical (unpaired) electrons. The molecular formula is C16H28O2S2. The van der Waals surface area contributed by atoms with Crippen LogP contribution in [-0.2, 0) is 9.59 Å². The zero-order chi connectivity index (χ0) is 15.0. The zero-order valence-electron chi connectivity index (χ0n) is 13.0. The van der Waals surface area contributed by atoms with Crippen molar-refractivity contribution in [3.63, 3.8) is 0 Å². The van der Waals surface area contributed by atoms with Crippen LogP contribution in [0.3, 0.4) is 0 Å². The lowest BCUT2D eigenvalue weighted by molar-refractivity contribution is -0.109. The van der Waals surface area contributed by atoms with Crippen LogP contribution in [0.5, 0.6) is 0 Å². The van der Waals surface area contributed by atoms with Crippen molar-refractivity contribution >= 4 is 33.8 Å². The van der Waals surface area contributed by atoms with Gasteiger partial charge in [-0.15, -0.1) is 0 Å². The molecule has 0 N–H and O–H groups in total. The predicted octanol–water partition coefficient (Wildman–Crippen LogP) is 4.77. The Morgan fingerprint density at radius 1 is 0.950 bits per heavy atom. The van der Waals surface area contributed by atoms with E-state index in [0.29, 0.717) is 0 Å². The van der Waals surface area contributed by atoms with Crippen LogP contribution in [0.25, 0.3) is 0 Å². The second-order valence-corrected chi connectivity index (χ2v) is 8.41. The highest BCUT2D eigenvalue weighted by atomic mass is 32.2. The Morgan fingerprint density at radius 2 is 1.50 bits per heavy atom. The maximum absolute atomic E-state index is 11.1. The summed E-state index contributed by atoms with van der Waals surface area (Å²) in [5, 5.41) is 0.465. The molecule has 0 aromatic rings. The number of rotatable bonds is 7. The predicted molar refractivity (Wildman–Crippen MR) is 90.1 cm³/mol. The molecular weight excluding hydrogens is 288 g/mol. The third-order valence-corrected chi connectivity index (χ3v) is 6.11. The summed E-state index contributed by atoms with van der Waals surface area (Å²) in [4.78, 5) is 22.1. The molecule has 1 aliphatic rings. The van der Waals surface area contributed by atoms with Gasteiger partial charge in [0.05, 0.1) is 0 Å². The normalized spacial score (nSPS) is 26.4. The molecule has 0 bridgehead atoms. The second-order valence-electron chi connectivity index (χ2n) is 5.86. The van der Waals surface area contributed by atoms with E-state index in [9.17, 15) is 9.59 Å². The zero-order valence-corrected chi connectivity index (χ0v) is 14.7. The fourth-order valence-electron chi connectivity index (χ4n) is 3.24. The molecule has 0 amide bonds. The van der Waals surface area contributed by atoms with Crippen molar-refractivity contribution in [1.82, 2.24) is 0 Å². The average molecular weight is 317 g/mol. The standard InChI is InChI=1S/C16H28O2S2/c1-4-14-5-6-15(7-9-19-12(2)17)16(11-14)8-10-20-13(3)18/h14-16H,4-11H2,1-3H3/t14-,15+,16-/m0/s1. The lowest BCUT2D eigenvalue weighted by Gasteiger charge is -2.36. The molecule has 0 aromatic carbocycles. The first-order valence-corrected chi connectivity index (χ1v) is 9.76. The van der Waals surface area contributed by atoms with Gasteiger partial charge in [0, 0.05) is 25.4 Å². The van der Waals surface area contributed by atoms with E-state index in [-0.39, 0.29) is 10.2 Å². The lowest BCUT2D eigenvalue weighted by atomic mass is 9.71. The summed E-state index contributed by atoms with van der Waals surface area (Å²) in [7, 11) is 0.